The first-order valence-electron chi connectivity index (χ1n) is 7.74. The SMILES string of the molecule is CC(C)=NC1=C(C)C=C(Cl)C(c2ncc(-c3ccc(Cl)cc3)o2)C1. The number of nitrogens with zero attached hydrogens (tertiary/aromatic N) is 2. The van der Waals surface area contributed by atoms with Crippen molar-refractivity contribution in [2.75, 3.05) is 0 Å². The molecule has 1 atom stereocenters. The molecule has 1 aliphatic carbocycles. The second-order valence-electron chi connectivity index (χ2n) is 6.04. The van der Waals surface area contributed by atoms with Gasteiger partial charge in [-0.1, -0.05) is 23.2 Å². The fourth-order valence-electron chi connectivity index (χ4n) is 2.65. The molecular weight excluding hydrogens is 343 g/mol. The van der Waals surface area contributed by atoms with Gasteiger partial charge in [0.15, 0.2) is 5.76 Å². The Balaban J connectivity index is 1.89. The molecule has 0 aliphatic heterocycles. The number of oxazole rings is 1. The normalized spacial score (nSPS) is 17.7. The summed E-state index contributed by atoms with van der Waals surface area (Å²) in [5, 5.41) is 1.42. The third-order valence-corrected chi connectivity index (χ3v) is 4.47. The van der Waals surface area contributed by atoms with E-state index in [0.717, 1.165) is 27.6 Å². The van der Waals surface area contributed by atoms with Gasteiger partial charge in [-0.25, -0.2) is 4.98 Å². The molecule has 0 saturated heterocycles. The van der Waals surface area contributed by atoms with Crippen LogP contribution < -0.4 is 0 Å². The molecule has 1 aromatic carbocycles. The van der Waals surface area contributed by atoms with Gasteiger partial charge in [0, 0.05) is 33.4 Å². The van der Waals surface area contributed by atoms with Crippen LogP contribution in [0.2, 0.25) is 5.02 Å². The Labute approximate surface area is 151 Å². The Bertz CT molecular complexity index is 841. The predicted octanol–water partition coefficient (Wildman–Crippen LogP) is 6.36. The van der Waals surface area contributed by atoms with Crippen molar-refractivity contribution in [3.05, 3.63) is 63.8 Å². The van der Waals surface area contributed by atoms with Crippen LogP contribution in [0.4, 0.5) is 0 Å². The maximum absolute atomic E-state index is 6.45. The Morgan fingerprint density at radius 3 is 2.58 bits per heavy atom. The summed E-state index contributed by atoms with van der Waals surface area (Å²) in [6, 6.07) is 7.47. The van der Waals surface area contributed by atoms with E-state index in [-0.39, 0.29) is 5.92 Å². The van der Waals surface area contributed by atoms with E-state index in [1.54, 1.807) is 6.20 Å². The van der Waals surface area contributed by atoms with E-state index in [0.29, 0.717) is 23.1 Å². The zero-order valence-electron chi connectivity index (χ0n) is 13.8. The monoisotopic (exact) mass is 360 g/mol. The highest BCUT2D eigenvalue weighted by Gasteiger charge is 2.26. The summed E-state index contributed by atoms with van der Waals surface area (Å²) in [6.07, 6.45) is 4.36. The molecule has 5 heteroatoms. The fourth-order valence-corrected chi connectivity index (χ4v) is 3.11. The van der Waals surface area contributed by atoms with Gasteiger partial charge in [-0.15, -0.1) is 0 Å². The molecule has 0 N–H and O–H groups in total. The smallest absolute Gasteiger partial charge is 0.203 e. The van der Waals surface area contributed by atoms with Crippen LogP contribution in [0.1, 0.15) is 39.0 Å². The zero-order chi connectivity index (χ0) is 17.3. The molecule has 3 nitrogen and oxygen atoms in total. The van der Waals surface area contributed by atoms with Gasteiger partial charge in [-0.3, -0.25) is 4.99 Å². The van der Waals surface area contributed by atoms with Crippen LogP contribution in [0, 0.1) is 0 Å². The maximum atomic E-state index is 6.45. The minimum absolute atomic E-state index is 0.102. The van der Waals surface area contributed by atoms with Crippen LogP contribution in [0.3, 0.4) is 0 Å². The first-order chi connectivity index (χ1) is 11.4. The fraction of sp³-hybridized carbons (Fsp3) is 0.263. The van der Waals surface area contributed by atoms with E-state index in [2.05, 4.69) is 9.98 Å². The molecule has 1 aliphatic rings. The molecule has 124 valence electrons. The van der Waals surface area contributed by atoms with Crippen molar-refractivity contribution in [3.63, 3.8) is 0 Å². The van der Waals surface area contributed by atoms with Gasteiger partial charge in [0.2, 0.25) is 5.89 Å². The molecule has 0 amide bonds. The van der Waals surface area contributed by atoms with Crippen molar-refractivity contribution in [2.45, 2.75) is 33.1 Å². The summed E-state index contributed by atoms with van der Waals surface area (Å²) in [5.74, 6) is 1.21. The second kappa shape index (κ2) is 6.96. The quantitative estimate of drug-likeness (QED) is 0.597. The molecule has 0 spiro atoms. The molecule has 1 aromatic heterocycles. The number of hydrogen-bond acceptors (Lipinski definition) is 3. The highest BCUT2D eigenvalue weighted by atomic mass is 35.5. The van der Waals surface area contributed by atoms with Gasteiger partial charge in [0.25, 0.3) is 0 Å². The summed E-state index contributed by atoms with van der Waals surface area (Å²) in [7, 11) is 0. The van der Waals surface area contributed by atoms with Crippen LogP contribution in [-0.4, -0.2) is 10.7 Å². The summed E-state index contributed by atoms with van der Waals surface area (Å²) in [5.41, 5.74) is 4.06. The van der Waals surface area contributed by atoms with E-state index in [4.69, 9.17) is 27.6 Å². The molecule has 1 unspecified atom stereocenters. The van der Waals surface area contributed by atoms with Gasteiger partial charge in [-0.2, -0.15) is 0 Å². The van der Waals surface area contributed by atoms with Crippen molar-refractivity contribution in [3.8, 4) is 11.3 Å². The van der Waals surface area contributed by atoms with Crippen molar-refractivity contribution in [2.24, 2.45) is 4.99 Å². The largest absolute Gasteiger partial charge is 0.440 e. The Hall–Kier alpha value is -1.84. The van der Waals surface area contributed by atoms with Gasteiger partial charge in [0.05, 0.1) is 12.1 Å². The van der Waals surface area contributed by atoms with Gasteiger partial charge >= 0.3 is 0 Å². The van der Waals surface area contributed by atoms with Gasteiger partial charge in [0.1, 0.15) is 0 Å². The Morgan fingerprint density at radius 2 is 1.92 bits per heavy atom. The minimum atomic E-state index is -0.102. The zero-order valence-corrected chi connectivity index (χ0v) is 15.3. The Kier molecular flexibility index (Phi) is 4.93. The standard InChI is InChI=1S/C19H18Cl2N2O/c1-11(2)23-17-9-15(16(21)8-12(17)3)19-22-10-18(24-19)13-4-6-14(20)7-5-13/h4-8,10,15H,9H2,1-3H3. The van der Waals surface area contributed by atoms with Crippen molar-refractivity contribution in [1.29, 1.82) is 0 Å². The summed E-state index contributed by atoms with van der Waals surface area (Å²) in [4.78, 5) is 9.04. The molecule has 0 saturated carbocycles. The number of allylic oxidation sites excluding steroid dienone is 4. The molecule has 24 heavy (non-hydrogen) atoms. The van der Waals surface area contributed by atoms with E-state index < -0.39 is 0 Å². The number of aromatic nitrogens is 1. The van der Waals surface area contributed by atoms with Crippen molar-refractivity contribution >= 4 is 28.9 Å². The lowest BCUT2D eigenvalue weighted by atomic mass is 9.94. The second-order valence-corrected chi connectivity index (χ2v) is 6.92. The molecule has 0 fully saturated rings. The van der Waals surface area contributed by atoms with E-state index in [9.17, 15) is 0 Å². The average molecular weight is 361 g/mol. The first-order valence-corrected chi connectivity index (χ1v) is 8.50. The van der Waals surface area contributed by atoms with E-state index >= 15 is 0 Å². The van der Waals surface area contributed by atoms with Crippen molar-refractivity contribution in [1.82, 2.24) is 4.98 Å². The molecule has 0 bridgehead atoms. The summed E-state index contributed by atoms with van der Waals surface area (Å²) >= 11 is 12.4. The summed E-state index contributed by atoms with van der Waals surface area (Å²) in [6.45, 7) is 5.99. The third kappa shape index (κ3) is 3.63. The topological polar surface area (TPSA) is 38.4 Å². The first kappa shape index (κ1) is 17.0. The van der Waals surface area contributed by atoms with Gasteiger partial charge in [-0.05, 0) is 56.7 Å². The molecule has 2 aromatic rings. The van der Waals surface area contributed by atoms with Crippen LogP contribution in [0.15, 0.2) is 62.3 Å². The number of halogens is 2. The lowest BCUT2D eigenvalue weighted by molar-refractivity contribution is 0.477. The van der Waals surface area contributed by atoms with Crippen LogP contribution in [-0.2, 0) is 0 Å². The number of aliphatic imine (C=N–C) groups is 1. The van der Waals surface area contributed by atoms with Crippen molar-refractivity contribution < 1.29 is 4.42 Å². The van der Waals surface area contributed by atoms with Crippen LogP contribution in [0.5, 0.6) is 0 Å². The third-order valence-electron chi connectivity index (χ3n) is 3.85. The molecular formula is C19H18Cl2N2O. The van der Waals surface area contributed by atoms with Crippen LogP contribution in [0.25, 0.3) is 11.3 Å². The van der Waals surface area contributed by atoms with E-state index in [1.165, 1.54) is 0 Å². The molecule has 1 heterocycles. The number of rotatable bonds is 3. The van der Waals surface area contributed by atoms with Crippen LogP contribution >= 0.6 is 23.2 Å². The van der Waals surface area contributed by atoms with Gasteiger partial charge < -0.3 is 4.42 Å². The molecule has 0 radical (unpaired) electrons. The lowest BCUT2D eigenvalue weighted by Gasteiger charge is -2.19. The highest BCUT2D eigenvalue weighted by molar-refractivity contribution is 6.30. The maximum Gasteiger partial charge on any atom is 0.203 e. The minimum Gasteiger partial charge on any atom is -0.440 e. The predicted molar refractivity (Wildman–Crippen MR) is 99.7 cm³/mol. The van der Waals surface area contributed by atoms with E-state index in [1.807, 2.05) is 51.1 Å². The molecule has 3 rings (SSSR count). The number of hydrogen-bond donors (Lipinski definition) is 0. The number of benzene rings is 1. The average Bonchev–Trinajstić information content (AvgIpc) is 3.00. The highest BCUT2D eigenvalue weighted by Crippen LogP contribution is 2.40. The Morgan fingerprint density at radius 1 is 1.21 bits per heavy atom. The summed E-state index contributed by atoms with van der Waals surface area (Å²) < 4.78 is 5.96. The lowest BCUT2D eigenvalue weighted by Crippen LogP contribution is -2.07.